The minimum Gasteiger partial charge on any atom is -0.310 e. The van der Waals surface area contributed by atoms with E-state index in [4.69, 9.17) is 0 Å². The predicted octanol–water partition coefficient (Wildman–Crippen LogP) is 16.3. The zero-order chi connectivity index (χ0) is 40.1. The van der Waals surface area contributed by atoms with Gasteiger partial charge in [-0.2, -0.15) is 0 Å². The van der Waals surface area contributed by atoms with Crippen LogP contribution in [-0.2, 0) is 5.41 Å². The van der Waals surface area contributed by atoms with Gasteiger partial charge in [0.1, 0.15) is 5.82 Å². The number of nitrogens with zero attached hydrogens (tertiary/aromatic N) is 2. The van der Waals surface area contributed by atoms with Gasteiger partial charge in [-0.05, 0) is 114 Å². The zero-order valence-electron chi connectivity index (χ0n) is 33.3. The van der Waals surface area contributed by atoms with Crippen LogP contribution < -0.4 is 9.80 Å². The molecule has 0 bridgehead atoms. The number of hydrogen-bond donors (Lipinski definition) is 0. The number of anilines is 6. The van der Waals surface area contributed by atoms with Gasteiger partial charge in [0.25, 0.3) is 0 Å². The van der Waals surface area contributed by atoms with Gasteiger partial charge < -0.3 is 9.80 Å². The maximum Gasteiger partial charge on any atom is 0.147 e. The summed E-state index contributed by atoms with van der Waals surface area (Å²) in [6.07, 6.45) is 0. The molecule has 12 rings (SSSR count). The van der Waals surface area contributed by atoms with Crippen molar-refractivity contribution < 1.29 is 4.39 Å². The minimum absolute atomic E-state index is 0.151. The molecule has 0 saturated carbocycles. The Morgan fingerprint density at radius 3 is 1.63 bits per heavy atom. The van der Waals surface area contributed by atoms with Gasteiger partial charge in [-0.1, -0.05) is 159 Å². The lowest BCUT2D eigenvalue weighted by Gasteiger charge is -2.31. The molecule has 284 valence electrons. The first kappa shape index (κ1) is 34.5. The van der Waals surface area contributed by atoms with Crippen LogP contribution >= 0.6 is 0 Å². The van der Waals surface area contributed by atoms with E-state index >= 15 is 4.39 Å². The van der Waals surface area contributed by atoms with Crippen LogP contribution in [0.5, 0.6) is 0 Å². The summed E-state index contributed by atoms with van der Waals surface area (Å²) >= 11 is 0. The highest BCUT2D eigenvalue weighted by molar-refractivity contribution is 6.28. The lowest BCUT2D eigenvalue weighted by atomic mass is 9.81. The molecule has 0 saturated heterocycles. The second kappa shape index (κ2) is 13.0. The Labute approximate surface area is 348 Å². The Balaban J connectivity index is 1.12. The van der Waals surface area contributed by atoms with Gasteiger partial charge in [0, 0.05) is 33.1 Å². The second-order valence-corrected chi connectivity index (χ2v) is 16.6. The van der Waals surface area contributed by atoms with E-state index in [1.54, 1.807) is 12.1 Å². The van der Waals surface area contributed by atoms with Crippen molar-refractivity contribution in [2.24, 2.45) is 0 Å². The molecule has 11 aromatic carbocycles. The van der Waals surface area contributed by atoms with E-state index < -0.39 is 0 Å². The summed E-state index contributed by atoms with van der Waals surface area (Å²) < 4.78 is 16.2. The number of benzene rings is 11. The van der Waals surface area contributed by atoms with Crippen LogP contribution in [0, 0.1) is 5.82 Å². The Bertz CT molecular complexity index is 3480. The van der Waals surface area contributed by atoms with Gasteiger partial charge in [0.15, 0.2) is 0 Å². The van der Waals surface area contributed by atoms with Gasteiger partial charge >= 0.3 is 0 Å². The van der Waals surface area contributed by atoms with Crippen molar-refractivity contribution in [3.63, 3.8) is 0 Å². The summed E-state index contributed by atoms with van der Waals surface area (Å²) in [6.45, 7) is 4.73. The summed E-state index contributed by atoms with van der Waals surface area (Å²) in [5.41, 5.74) is 10.3. The summed E-state index contributed by atoms with van der Waals surface area (Å²) in [6, 6.07) is 70.5. The van der Waals surface area contributed by atoms with Crippen molar-refractivity contribution in [2.45, 2.75) is 19.3 Å². The first-order valence-electron chi connectivity index (χ1n) is 20.7. The largest absolute Gasteiger partial charge is 0.310 e. The van der Waals surface area contributed by atoms with Crippen LogP contribution in [0.25, 0.3) is 65.0 Å². The molecule has 60 heavy (non-hydrogen) atoms. The molecule has 0 spiro atoms. The van der Waals surface area contributed by atoms with Gasteiger partial charge in [-0.15, -0.1) is 0 Å². The molecule has 11 aromatic rings. The Morgan fingerprint density at radius 1 is 0.367 bits per heavy atom. The van der Waals surface area contributed by atoms with E-state index in [-0.39, 0.29) is 11.2 Å². The molecular formula is C57H39FN2. The fourth-order valence-electron chi connectivity index (χ4n) is 10.2. The lowest BCUT2D eigenvalue weighted by molar-refractivity contribution is 0.629. The zero-order valence-corrected chi connectivity index (χ0v) is 33.3. The van der Waals surface area contributed by atoms with E-state index in [1.165, 1.54) is 38.1 Å². The first-order valence-corrected chi connectivity index (χ1v) is 20.7. The summed E-state index contributed by atoms with van der Waals surface area (Å²) in [7, 11) is 0. The quantitative estimate of drug-likeness (QED) is 0.149. The molecule has 0 fully saturated rings. The predicted molar refractivity (Wildman–Crippen MR) is 252 cm³/mol. The van der Waals surface area contributed by atoms with Crippen LogP contribution in [0.1, 0.15) is 25.0 Å². The van der Waals surface area contributed by atoms with Crippen molar-refractivity contribution >= 4 is 88.0 Å². The molecule has 3 heteroatoms. The first-order chi connectivity index (χ1) is 29.5. The number of rotatable bonds is 7. The fourth-order valence-corrected chi connectivity index (χ4v) is 10.2. The Hall–Kier alpha value is -7.49. The molecule has 0 atom stereocenters. The van der Waals surface area contributed by atoms with Crippen molar-refractivity contribution in [1.29, 1.82) is 0 Å². The van der Waals surface area contributed by atoms with Crippen molar-refractivity contribution in [1.82, 2.24) is 0 Å². The molecule has 2 nitrogen and oxygen atoms in total. The van der Waals surface area contributed by atoms with Crippen molar-refractivity contribution in [2.75, 3.05) is 9.80 Å². The summed E-state index contributed by atoms with van der Waals surface area (Å²) in [5, 5.41) is 12.1. The molecule has 0 radical (unpaired) electrons. The van der Waals surface area contributed by atoms with E-state index in [0.29, 0.717) is 5.69 Å². The lowest BCUT2D eigenvalue weighted by Crippen LogP contribution is -2.17. The van der Waals surface area contributed by atoms with Crippen molar-refractivity contribution in [3.8, 4) is 11.1 Å². The molecule has 0 aliphatic heterocycles. The molecule has 0 N–H and O–H groups in total. The van der Waals surface area contributed by atoms with Crippen LogP contribution in [0.3, 0.4) is 0 Å². The standard InChI is InChI=1S/C57H39FN2/c1-57(2)46-20-13-16-37-24-25-40-34-42(35-47(57)56(40)55(37)46)59(41-17-7-4-8-18-41)50-32-28-38-27-31-45-51(33-29-39-26-30-44(50)53(38)54(39)45)60(52-23-12-10-21-48(52)58)49-22-11-9-19-43(49)36-14-5-3-6-15-36/h3-35H,1-2H3. The summed E-state index contributed by atoms with van der Waals surface area (Å²) in [5.74, 6) is -0.280. The molecule has 0 amide bonds. The van der Waals surface area contributed by atoms with Crippen LogP contribution in [0.4, 0.5) is 38.5 Å². The SMILES string of the molecule is CC1(C)c2cccc3ccc4cc(N(c5ccccc5)c5ccc6ccc7c(N(c8ccccc8F)c8ccccc8-c8ccccc8)ccc8ccc5c6c87)cc1c4c23. The van der Waals surface area contributed by atoms with E-state index in [1.807, 2.05) is 24.3 Å². The van der Waals surface area contributed by atoms with Crippen LogP contribution in [-0.4, -0.2) is 0 Å². The Kier molecular flexibility index (Phi) is 7.49. The number of para-hydroxylation sites is 3. The maximum absolute atomic E-state index is 16.2. The summed E-state index contributed by atoms with van der Waals surface area (Å²) in [4.78, 5) is 4.54. The van der Waals surface area contributed by atoms with E-state index in [9.17, 15) is 0 Å². The highest BCUT2D eigenvalue weighted by atomic mass is 19.1. The highest BCUT2D eigenvalue weighted by Crippen LogP contribution is 2.53. The monoisotopic (exact) mass is 770 g/mol. The smallest absolute Gasteiger partial charge is 0.147 e. The topological polar surface area (TPSA) is 6.48 Å². The van der Waals surface area contributed by atoms with Gasteiger partial charge in [0.2, 0.25) is 0 Å². The highest BCUT2D eigenvalue weighted by Gasteiger charge is 2.35. The van der Waals surface area contributed by atoms with E-state index in [2.05, 4.69) is 187 Å². The third-order valence-electron chi connectivity index (χ3n) is 13.0. The van der Waals surface area contributed by atoms with Crippen LogP contribution in [0.2, 0.25) is 0 Å². The van der Waals surface area contributed by atoms with E-state index in [0.717, 1.165) is 66.5 Å². The number of hydrogen-bond acceptors (Lipinski definition) is 2. The average Bonchev–Trinajstić information content (AvgIpc) is 3.53. The second-order valence-electron chi connectivity index (χ2n) is 16.6. The molecule has 0 heterocycles. The van der Waals surface area contributed by atoms with Gasteiger partial charge in [0.05, 0.1) is 22.7 Å². The van der Waals surface area contributed by atoms with Crippen molar-refractivity contribution in [3.05, 3.63) is 217 Å². The maximum atomic E-state index is 16.2. The third-order valence-corrected chi connectivity index (χ3v) is 13.0. The minimum atomic E-state index is -0.280. The fraction of sp³-hybridized carbons (Fsp3) is 0.0526. The molecule has 1 aliphatic carbocycles. The van der Waals surface area contributed by atoms with Gasteiger partial charge in [-0.3, -0.25) is 0 Å². The average molecular weight is 771 g/mol. The molecule has 1 aliphatic rings. The molecule has 0 unspecified atom stereocenters. The van der Waals surface area contributed by atoms with Gasteiger partial charge in [-0.25, -0.2) is 4.39 Å². The third kappa shape index (κ3) is 4.99. The molecule has 0 aromatic heterocycles. The van der Waals surface area contributed by atoms with Crippen LogP contribution in [0.15, 0.2) is 200 Å². The normalized spacial score (nSPS) is 13.1. The Morgan fingerprint density at radius 2 is 0.917 bits per heavy atom. The molecular weight excluding hydrogens is 732 g/mol. The number of halogens is 1.